The first-order chi connectivity index (χ1) is 10.4. The smallest absolute Gasteiger partial charge is 0.241 e. The van der Waals surface area contributed by atoms with Gasteiger partial charge in [-0.3, -0.25) is 0 Å². The summed E-state index contributed by atoms with van der Waals surface area (Å²) in [5.41, 5.74) is -1.65. The Bertz CT molecular complexity index is 682. The topological polar surface area (TPSA) is 52.6 Å². The van der Waals surface area contributed by atoms with Crippen molar-refractivity contribution in [2.45, 2.75) is 0 Å². The molecule has 2 rings (SSSR count). The molecule has 0 N–H and O–H groups in total. The average Bonchev–Trinajstić information content (AvgIpc) is 2.50. The third kappa shape index (κ3) is 3.05. The van der Waals surface area contributed by atoms with Gasteiger partial charge < -0.3 is 0 Å². The summed E-state index contributed by atoms with van der Waals surface area (Å²) in [7, 11) is 0. The van der Waals surface area contributed by atoms with Gasteiger partial charge in [-0.15, -0.1) is 0 Å². The molecule has 0 aliphatic rings. The zero-order chi connectivity index (χ0) is 16.3. The molecule has 0 amide bonds. The lowest BCUT2D eigenvalue weighted by Gasteiger charge is -2.05. The Morgan fingerprint density at radius 3 is 1.41 bits per heavy atom. The van der Waals surface area contributed by atoms with E-state index in [2.05, 4.69) is 9.78 Å². The largest absolute Gasteiger partial charge is 0.389 e. The van der Waals surface area contributed by atoms with Crippen LogP contribution >= 0.6 is 0 Å². The molecule has 22 heavy (non-hydrogen) atoms. The van der Waals surface area contributed by atoms with E-state index in [1.54, 1.807) is 0 Å². The van der Waals surface area contributed by atoms with Crippen LogP contribution in [0, 0.1) is 23.3 Å². The second-order valence-electron chi connectivity index (χ2n) is 3.94. The first-order valence-corrected chi connectivity index (χ1v) is 5.73. The lowest BCUT2D eigenvalue weighted by molar-refractivity contribution is -0.188. The summed E-state index contributed by atoms with van der Waals surface area (Å²) in [6, 6.07) is 5.36. The van der Waals surface area contributed by atoms with Crippen molar-refractivity contribution in [3.8, 4) is 0 Å². The molecule has 0 bridgehead atoms. The SMILES string of the molecule is O=C(OOC(=O)c1cccc(F)c1F)c1cccc(F)c1F. The van der Waals surface area contributed by atoms with Crippen LogP contribution in [0.5, 0.6) is 0 Å². The lowest BCUT2D eigenvalue weighted by Crippen LogP contribution is -2.15. The third-order valence-electron chi connectivity index (χ3n) is 2.54. The fourth-order valence-corrected chi connectivity index (χ4v) is 1.49. The van der Waals surface area contributed by atoms with E-state index in [-0.39, 0.29) is 0 Å². The number of halogens is 4. The first-order valence-electron chi connectivity index (χ1n) is 5.73. The highest BCUT2D eigenvalue weighted by molar-refractivity contribution is 5.92. The predicted molar refractivity (Wildman–Crippen MR) is 63.5 cm³/mol. The number of hydrogen-bond donors (Lipinski definition) is 0. The maximum atomic E-state index is 13.3. The van der Waals surface area contributed by atoms with Gasteiger partial charge in [0.15, 0.2) is 23.3 Å². The standard InChI is InChI=1S/C14H6F4O4/c15-9-5-1-3-7(11(9)17)13(19)21-22-14(20)8-4-2-6-10(16)12(8)18/h1-6H. The van der Waals surface area contributed by atoms with Gasteiger partial charge in [0.2, 0.25) is 0 Å². The van der Waals surface area contributed by atoms with Crippen LogP contribution in [0.3, 0.4) is 0 Å². The van der Waals surface area contributed by atoms with Crippen molar-refractivity contribution in [1.82, 2.24) is 0 Å². The van der Waals surface area contributed by atoms with Crippen LogP contribution in [0.2, 0.25) is 0 Å². The number of carbonyl (C=O) groups excluding carboxylic acids is 2. The predicted octanol–water partition coefficient (Wildman–Crippen LogP) is 3.17. The Morgan fingerprint density at radius 1 is 0.682 bits per heavy atom. The Kier molecular flexibility index (Phi) is 4.40. The zero-order valence-electron chi connectivity index (χ0n) is 10.6. The van der Waals surface area contributed by atoms with Crippen LogP contribution in [-0.2, 0) is 9.78 Å². The fraction of sp³-hybridized carbons (Fsp3) is 0. The number of carbonyl (C=O) groups is 2. The zero-order valence-corrected chi connectivity index (χ0v) is 10.6. The summed E-state index contributed by atoms with van der Waals surface area (Å²) < 4.78 is 52.4. The van der Waals surface area contributed by atoms with Gasteiger partial charge in [0, 0.05) is 0 Å². The summed E-state index contributed by atoms with van der Waals surface area (Å²) in [6.07, 6.45) is 0. The Balaban J connectivity index is 2.09. The van der Waals surface area contributed by atoms with Crippen LogP contribution in [0.4, 0.5) is 17.6 Å². The van der Waals surface area contributed by atoms with Gasteiger partial charge >= 0.3 is 11.9 Å². The first kappa shape index (κ1) is 15.5. The Labute approximate surface area is 120 Å². The molecule has 0 unspecified atom stereocenters. The van der Waals surface area contributed by atoms with Crippen LogP contribution in [0.15, 0.2) is 36.4 Å². The van der Waals surface area contributed by atoms with Crippen molar-refractivity contribution in [1.29, 1.82) is 0 Å². The maximum absolute atomic E-state index is 13.3. The molecule has 114 valence electrons. The van der Waals surface area contributed by atoms with Crippen molar-refractivity contribution < 1.29 is 36.9 Å². The van der Waals surface area contributed by atoms with Gasteiger partial charge in [-0.25, -0.2) is 36.9 Å². The van der Waals surface area contributed by atoms with Gasteiger partial charge in [-0.1, -0.05) is 12.1 Å². The minimum Gasteiger partial charge on any atom is -0.241 e. The van der Waals surface area contributed by atoms with Crippen LogP contribution in [0.25, 0.3) is 0 Å². The molecule has 0 aliphatic carbocycles. The monoisotopic (exact) mass is 314 g/mol. The molecule has 0 aliphatic heterocycles. The molecule has 0 spiro atoms. The van der Waals surface area contributed by atoms with Crippen LogP contribution in [-0.4, -0.2) is 11.9 Å². The van der Waals surface area contributed by atoms with E-state index in [1.165, 1.54) is 0 Å². The van der Waals surface area contributed by atoms with Gasteiger partial charge in [0.05, 0.1) is 0 Å². The minimum absolute atomic E-state index is 0.764. The molecule has 0 saturated carbocycles. The van der Waals surface area contributed by atoms with E-state index in [0.29, 0.717) is 0 Å². The highest BCUT2D eigenvalue weighted by Gasteiger charge is 2.22. The van der Waals surface area contributed by atoms with Crippen LogP contribution in [0.1, 0.15) is 20.7 Å². The number of rotatable bonds is 2. The van der Waals surface area contributed by atoms with Gasteiger partial charge in [-0.2, -0.15) is 0 Å². The van der Waals surface area contributed by atoms with Crippen LogP contribution < -0.4 is 0 Å². The Morgan fingerprint density at radius 2 is 1.05 bits per heavy atom. The molecule has 0 heterocycles. The summed E-state index contributed by atoms with van der Waals surface area (Å²) in [5, 5.41) is 0. The minimum atomic E-state index is -1.51. The molecular formula is C14H6F4O4. The van der Waals surface area contributed by atoms with E-state index in [1.807, 2.05) is 0 Å². The molecule has 0 saturated heterocycles. The summed E-state index contributed by atoms with van der Waals surface area (Å²) >= 11 is 0. The van der Waals surface area contributed by atoms with E-state index >= 15 is 0 Å². The average molecular weight is 314 g/mol. The normalized spacial score (nSPS) is 10.2. The highest BCUT2D eigenvalue weighted by Crippen LogP contribution is 2.15. The second kappa shape index (κ2) is 6.25. The quantitative estimate of drug-likeness (QED) is 0.485. The second-order valence-corrected chi connectivity index (χ2v) is 3.94. The van der Waals surface area contributed by atoms with Gasteiger partial charge in [0.1, 0.15) is 11.1 Å². The maximum Gasteiger partial charge on any atom is 0.389 e. The van der Waals surface area contributed by atoms with Gasteiger partial charge in [0.25, 0.3) is 0 Å². The highest BCUT2D eigenvalue weighted by atomic mass is 19.2. The van der Waals surface area contributed by atoms with Crippen molar-refractivity contribution in [2.24, 2.45) is 0 Å². The Hall–Kier alpha value is -2.90. The summed E-state index contributed by atoms with van der Waals surface area (Å²) in [4.78, 5) is 30.8. The molecule has 0 atom stereocenters. The molecule has 2 aromatic rings. The summed E-state index contributed by atoms with van der Waals surface area (Å²) in [5.74, 6) is -8.64. The molecule has 0 fully saturated rings. The third-order valence-corrected chi connectivity index (χ3v) is 2.54. The van der Waals surface area contributed by atoms with Crippen molar-refractivity contribution in [3.63, 3.8) is 0 Å². The van der Waals surface area contributed by atoms with Crippen molar-refractivity contribution in [2.75, 3.05) is 0 Å². The van der Waals surface area contributed by atoms with E-state index < -0.39 is 46.3 Å². The number of benzene rings is 2. The van der Waals surface area contributed by atoms with E-state index in [9.17, 15) is 27.2 Å². The van der Waals surface area contributed by atoms with Gasteiger partial charge in [-0.05, 0) is 24.3 Å². The number of hydrogen-bond acceptors (Lipinski definition) is 4. The van der Waals surface area contributed by atoms with Crippen molar-refractivity contribution in [3.05, 3.63) is 70.8 Å². The molecule has 0 radical (unpaired) electrons. The van der Waals surface area contributed by atoms with E-state index in [0.717, 1.165) is 36.4 Å². The molecule has 8 heteroatoms. The molecule has 4 nitrogen and oxygen atoms in total. The fourth-order valence-electron chi connectivity index (χ4n) is 1.49. The summed E-state index contributed by atoms with van der Waals surface area (Å²) in [6.45, 7) is 0. The lowest BCUT2D eigenvalue weighted by atomic mass is 10.2. The molecule has 2 aromatic carbocycles. The molecular weight excluding hydrogens is 308 g/mol. The molecule has 0 aromatic heterocycles. The van der Waals surface area contributed by atoms with E-state index in [4.69, 9.17) is 0 Å². The van der Waals surface area contributed by atoms with Crippen molar-refractivity contribution >= 4 is 11.9 Å².